The number of methoxy groups -OCH3 is 2. The third-order valence-electron chi connectivity index (χ3n) is 4.71. The van der Waals surface area contributed by atoms with Crippen LogP contribution in [0.3, 0.4) is 0 Å². The van der Waals surface area contributed by atoms with Gasteiger partial charge in [0.25, 0.3) is 5.91 Å². The van der Waals surface area contributed by atoms with Gasteiger partial charge in [-0.25, -0.2) is 0 Å². The van der Waals surface area contributed by atoms with E-state index in [1.165, 1.54) is 14.2 Å². The van der Waals surface area contributed by atoms with Gasteiger partial charge in [-0.05, 0) is 37.3 Å². The number of benzene rings is 1. The van der Waals surface area contributed by atoms with E-state index in [-0.39, 0.29) is 24.4 Å². The molecule has 7 heteroatoms. The molecule has 1 aliphatic heterocycles. The van der Waals surface area contributed by atoms with Crippen molar-refractivity contribution in [2.75, 3.05) is 27.3 Å². The van der Waals surface area contributed by atoms with E-state index in [0.717, 1.165) is 12.2 Å². The summed E-state index contributed by atoms with van der Waals surface area (Å²) in [6, 6.07) is 8.89. The van der Waals surface area contributed by atoms with E-state index in [4.69, 9.17) is 9.47 Å². The first-order valence-corrected chi connectivity index (χ1v) is 8.50. The maximum Gasteiger partial charge on any atom is 0.251 e. The Kier molecular flexibility index (Phi) is 5.16. The van der Waals surface area contributed by atoms with E-state index in [1.54, 1.807) is 23.1 Å². The van der Waals surface area contributed by atoms with Crippen molar-refractivity contribution >= 4 is 11.8 Å². The van der Waals surface area contributed by atoms with E-state index in [9.17, 15) is 9.59 Å². The molecule has 0 fully saturated rings. The molecule has 0 radical (unpaired) electrons. The fourth-order valence-corrected chi connectivity index (χ4v) is 3.26. The lowest BCUT2D eigenvalue weighted by molar-refractivity contribution is -0.133. The van der Waals surface area contributed by atoms with E-state index in [2.05, 4.69) is 9.88 Å². The van der Waals surface area contributed by atoms with Crippen LogP contribution in [0.2, 0.25) is 0 Å². The van der Waals surface area contributed by atoms with Crippen LogP contribution in [0.4, 0.5) is 0 Å². The molecule has 1 unspecified atom stereocenters. The minimum Gasteiger partial charge on any atom is -0.493 e. The van der Waals surface area contributed by atoms with Crippen molar-refractivity contribution in [1.82, 2.24) is 14.8 Å². The Morgan fingerprint density at radius 3 is 2.65 bits per heavy atom. The van der Waals surface area contributed by atoms with Gasteiger partial charge in [0, 0.05) is 30.5 Å². The molecule has 1 atom stereocenters. The number of fused-ring (bicyclic) bond motifs is 1. The lowest BCUT2D eigenvalue weighted by Crippen LogP contribution is -2.45. The number of aromatic nitrogens is 1. The molecule has 0 saturated heterocycles. The molecule has 2 amide bonds. The largest absolute Gasteiger partial charge is 0.493 e. The summed E-state index contributed by atoms with van der Waals surface area (Å²) >= 11 is 0. The van der Waals surface area contributed by atoms with E-state index in [0.29, 0.717) is 23.6 Å². The molecule has 0 bridgehead atoms. The smallest absolute Gasteiger partial charge is 0.251 e. The highest BCUT2D eigenvalue weighted by molar-refractivity contribution is 5.97. The van der Waals surface area contributed by atoms with Crippen LogP contribution < -0.4 is 14.8 Å². The first-order chi connectivity index (χ1) is 12.5. The van der Waals surface area contributed by atoms with Crippen molar-refractivity contribution in [1.29, 1.82) is 0 Å². The van der Waals surface area contributed by atoms with Gasteiger partial charge in [0.1, 0.15) is 0 Å². The summed E-state index contributed by atoms with van der Waals surface area (Å²) in [6.45, 7) is 3.35. The molecular weight excluding hydrogens is 334 g/mol. The number of ether oxygens (including phenoxy) is 2. The standard InChI is InChI=1S/C19H23N3O4/c1-13-15-5-4-8-21(15)9-10-22(13)18(23)12-20-19(24)14-6-7-16(25-2)17(11-14)26-3/h4-8,11,13H,9-10,12H2,1-3H3,(H,20,24). The zero-order valence-corrected chi connectivity index (χ0v) is 15.2. The Hall–Kier alpha value is -2.96. The summed E-state index contributed by atoms with van der Waals surface area (Å²) in [5.74, 6) is 0.591. The Balaban J connectivity index is 1.62. The molecule has 1 aromatic heterocycles. The molecule has 2 heterocycles. The average Bonchev–Trinajstić information content (AvgIpc) is 3.15. The lowest BCUT2D eigenvalue weighted by Gasteiger charge is -2.35. The van der Waals surface area contributed by atoms with Crippen molar-refractivity contribution in [3.63, 3.8) is 0 Å². The molecule has 3 rings (SSSR count). The van der Waals surface area contributed by atoms with Gasteiger partial charge in [0.05, 0.1) is 26.8 Å². The minimum atomic E-state index is -0.327. The van der Waals surface area contributed by atoms with Crippen LogP contribution in [-0.2, 0) is 11.3 Å². The minimum absolute atomic E-state index is 0.00997. The molecule has 1 N–H and O–H groups in total. The number of nitrogens with zero attached hydrogens (tertiary/aromatic N) is 2. The Labute approximate surface area is 152 Å². The molecule has 0 saturated carbocycles. The summed E-state index contributed by atoms with van der Waals surface area (Å²) in [5, 5.41) is 2.69. The fourth-order valence-electron chi connectivity index (χ4n) is 3.26. The van der Waals surface area contributed by atoms with Crippen LogP contribution in [0.5, 0.6) is 11.5 Å². The second-order valence-electron chi connectivity index (χ2n) is 6.14. The maximum atomic E-state index is 12.6. The topological polar surface area (TPSA) is 72.8 Å². The van der Waals surface area contributed by atoms with Gasteiger partial charge in [-0.15, -0.1) is 0 Å². The van der Waals surface area contributed by atoms with Crippen molar-refractivity contribution in [2.45, 2.75) is 19.5 Å². The number of nitrogens with one attached hydrogen (secondary N) is 1. The first kappa shape index (κ1) is 17.8. The fraction of sp³-hybridized carbons (Fsp3) is 0.368. The van der Waals surface area contributed by atoms with Crippen LogP contribution in [0.15, 0.2) is 36.5 Å². The molecule has 1 aromatic carbocycles. The Morgan fingerprint density at radius 2 is 1.92 bits per heavy atom. The Morgan fingerprint density at radius 1 is 1.15 bits per heavy atom. The van der Waals surface area contributed by atoms with Gasteiger partial charge in [-0.2, -0.15) is 0 Å². The highest BCUT2D eigenvalue weighted by Gasteiger charge is 2.27. The highest BCUT2D eigenvalue weighted by atomic mass is 16.5. The summed E-state index contributed by atoms with van der Waals surface area (Å²) in [7, 11) is 3.04. The van der Waals surface area contributed by atoms with Crippen LogP contribution in [0.1, 0.15) is 29.0 Å². The predicted octanol–water partition coefficient (Wildman–Crippen LogP) is 1.84. The highest BCUT2D eigenvalue weighted by Crippen LogP contribution is 2.27. The molecule has 138 valence electrons. The number of carbonyl (C=O) groups is 2. The van der Waals surface area contributed by atoms with Crippen molar-refractivity contribution < 1.29 is 19.1 Å². The van der Waals surface area contributed by atoms with Crippen molar-refractivity contribution in [3.8, 4) is 11.5 Å². The molecule has 0 aliphatic carbocycles. The lowest BCUT2D eigenvalue weighted by atomic mass is 10.1. The second-order valence-corrected chi connectivity index (χ2v) is 6.14. The SMILES string of the molecule is COc1ccc(C(=O)NCC(=O)N2CCn3cccc3C2C)cc1OC. The van der Waals surface area contributed by atoms with Crippen molar-refractivity contribution in [3.05, 3.63) is 47.8 Å². The molecule has 7 nitrogen and oxygen atoms in total. The van der Waals surface area contributed by atoms with Gasteiger partial charge in [0.2, 0.25) is 5.91 Å². The monoisotopic (exact) mass is 357 g/mol. The summed E-state index contributed by atoms with van der Waals surface area (Å²) in [6.07, 6.45) is 2.02. The normalized spacial score (nSPS) is 16.0. The molecular formula is C19H23N3O4. The summed E-state index contributed by atoms with van der Waals surface area (Å²) < 4.78 is 12.5. The quantitative estimate of drug-likeness (QED) is 0.886. The van der Waals surface area contributed by atoms with Gasteiger partial charge >= 0.3 is 0 Å². The van der Waals surface area contributed by atoms with Gasteiger partial charge in [-0.3, -0.25) is 9.59 Å². The van der Waals surface area contributed by atoms with Gasteiger partial charge < -0.3 is 24.3 Å². The van der Waals surface area contributed by atoms with Crippen LogP contribution in [0.25, 0.3) is 0 Å². The number of hydrogen-bond acceptors (Lipinski definition) is 4. The zero-order chi connectivity index (χ0) is 18.7. The molecule has 26 heavy (non-hydrogen) atoms. The molecule has 0 spiro atoms. The molecule has 2 aromatic rings. The Bertz CT molecular complexity index is 815. The van der Waals surface area contributed by atoms with Crippen LogP contribution in [-0.4, -0.2) is 48.6 Å². The van der Waals surface area contributed by atoms with Crippen molar-refractivity contribution in [2.24, 2.45) is 0 Å². The maximum absolute atomic E-state index is 12.6. The van der Waals surface area contributed by atoms with Gasteiger partial charge in [-0.1, -0.05) is 0 Å². The third-order valence-corrected chi connectivity index (χ3v) is 4.71. The van der Waals surface area contributed by atoms with E-state index < -0.39 is 0 Å². The number of hydrogen-bond donors (Lipinski definition) is 1. The molecule has 1 aliphatic rings. The summed E-state index contributed by atoms with van der Waals surface area (Å²) in [4.78, 5) is 26.7. The van der Waals surface area contributed by atoms with Gasteiger partial charge in [0.15, 0.2) is 11.5 Å². The third kappa shape index (κ3) is 3.37. The first-order valence-electron chi connectivity index (χ1n) is 8.50. The number of carbonyl (C=O) groups excluding carboxylic acids is 2. The van der Waals surface area contributed by atoms with E-state index in [1.807, 2.05) is 25.3 Å². The van der Waals surface area contributed by atoms with E-state index >= 15 is 0 Å². The zero-order valence-electron chi connectivity index (χ0n) is 15.2. The number of amides is 2. The van der Waals surface area contributed by atoms with Crippen LogP contribution >= 0.6 is 0 Å². The predicted molar refractivity (Wildman–Crippen MR) is 96.4 cm³/mol. The number of rotatable bonds is 5. The van der Waals surface area contributed by atoms with Crippen LogP contribution in [0, 0.1) is 0 Å². The second kappa shape index (κ2) is 7.51. The average molecular weight is 357 g/mol. The summed E-state index contributed by atoms with van der Waals surface area (Å²) in [5.41, 5.74) is 1.52.